The predicted molar refractivity (Wildman–Crippen MR) is 108 cm³/mol. The zero-order valence-corrected chi connectivity index (χ0v) is 16.8. The lowest BCUT2D eigenvalue weighted by Crippen LogP contribution is -2.52. The van der Waals surface area contributed by atoms with Gasteiger partial charge in [-0.05, 0) is 24.1 Å². The first-order chi connectivity index (χ1) is 15.1. The van der Waals surface area contributed by atoms with Crippen LogP contribution >= 0.6 is 0 Å². The molecule has 0 spiro atoms. The number of ether oxygens (including phenoxy) is 3. The Hall–Kier alpha value is -3.39. The minimum Gasteiger partial charge on any atom is -0.486 e. The first kappa shape index (κ1) is 19.6. The number of rotatable bonds is 5. The van der Waals surface area contributed by atoms with Crippen molar-refractivity contribution >= 4 is 17.7 Å². The summed E-state index contributed by atoms with van der Waals surface area (Å²) in [5, 5.41) is 2.32. The van der Waals surface area contributed by atoms with E-state index in [0.717, 1.165) is 5.56 Å². The van der Waals surface area contributed by atoms with E-state index in [4.69, 9.17) is 14.2 Å². The average Bonchev–Trinajstić information content (AvgIpc) is 3.11. The molecule has 0 bridgehead atoms. The molecular formula is C23H22N2O6. The highest BCUT2D eigenvalue weighted by Crippen LogP contribution is 2.42. The Balaban J connectivity index is 1.29. The number of hydrogen-bond acceptors (Lipinski definition) is 6. The smallest absolute Gasteiger partial charge is 0.255 e. The van der Waals surface area contributed by atoms with Crippen molar-refractivity contribution < 1.29 is 28.6 Å². The van der Waals surface area contributed by atoms with Crippen molar-refractivity contribution in [1.29, 1.82) is 0 Å². The molecule has 1 fully saturated rings. The van der Waals surface area contributed by atoms with Gasteiger partial charge in [-0.1, -0.05) is 30.3 Å². The van der Waals surface area contributed by atoms with Crippen molar-refractivity contribution in [3.05, 3.63) is 59.2 Å². The SMILES string of the molecule is O=C1CC[C@H](N2Cc3c(ccc4c3O[C@H](COCc3ccccc3)CO4)C2=O)C(=O)N1. The topological polar surface area (TPSA) is 94.2 Å². The van der Waals surface area contributed by atoms with Gasteiger partial charge in [0.15, 0.2) is 17.6 Å². The molecule has 1 N–H and O–H groups in total. The van der Waals surface area contributed by atoms with Crippen molar-refractivity contribution in [2.75, 3.05) is 13.2 Å². The fourth-order valence-electron chi connectivity index (χ4n) is 4.18. The number of piperidine rings is 1. The fourth-order valence-corrected chi connectivity index (χ4v) is 4.18. The lowest BCUT2D eigenvalue weighted by molar-refractivity contribution is -0.136. The summed E-state index contributed by atoms with van der Waals surface area (Å²) < 4.78 is 17.8. The maximum Gasteiger partial charge on any atom is 0.255 e. The first-order valence-corrected chi connectivity index (χ1v) is 10.3. The number of benzene rings is 2. The monoisotopic (exact) mass is 422 g/mol. The normalized spacial score (nSPS) is 22.3. The molecule has 2 aromatic rings. The molecule has 0 saturated carbocycles. The summed E-state index contributed by atoms with van der Waals surface area (Å²) in [5.41, 5.74) is 2.28. The van der Waals surface area contributed by atoms with Crippen LogP contribution in [0.25, 0.3) is 0 Å². The van der Waals surface area contributed by atoms with Gasteiger partial charge in [-0.25, -0.2) is 0 Å². The molecule has 0 unspecified atom stereocenters. The van der Waals surface area contributed by atoms with Crippen LogP contribution < -0.4 is 14.8 Å². The predicted octanol–water partition coefficient (Wildman–Crippen LogP) is 1.80. The molecule has 0 radical (unpaired) electrons. The summed E-state index contributed by atoms with van der Waals surface area (Å²) in [7, 11) is 0. The van der Waals surface area contributed by atoms with Gasteiger partial charge in [-0.3, -0.25) is 19.7 Å². The molecule has 8 heteroatoms. The number of imide groups is 1. The van der Waals surface area contributed by atoms with Crippen LogP contribution in [0.3, 0.4) is 0 Å². The van der Waals surface area contributed by atoms with Gasteiger partial charge in [0.05, 0.1) is 19.8 Å². The summed E-state index contributed by atoms with van der Waals surface area (Å²) in [4.78, 5) is 38.2. The van der Waals surface area contributed by atoms with Gasteiger partial charge in [0, 0.05) is 17.5 Å². The molecule has 0 aliphatic carbocycles. The van der Waals surface area contributed by atoms with Gasteiger partial charge in [0.25, 0.3) is 5.91 Å². The molecule has 31 heavy (non-hydrogen) atoms. The van der Waals surface area contributed by atoms with Crippen LogP contribution in [0, 0.1) is 0 Å². The molecular weight excluding hydrogens is 400 g/mol. The molecule has 5 rings (SSSR count). The second kappa shape index (κ2) is 8.03. The van der Waals surface area contributed by atoms with E-state index in [1.54, 1.807) is 12.1 Å². The minimum absolute atomic E-state index is 0.217. The number of nitrogens with one attached hydrogen (secondary N) is 1. The number of carbonyl (C=O) groups excluding carboxylic acids is 3. The van der Waals surface area contributed by atoms with Crippen molar-refractivity contribution in [1.82, 2.24) is 10.2 Å². The Morgan fingerprint density at radius 2 is 1.94 bits per heavy atom. The van der Waals surface area contributed by atoms with Crippen LogP contribution in [0.4, 0.5) is 0 Å². The van der Waals surface area contributed by atoms with Gasteiger partial charge < -0.3 is 19.1 Å². The van der Waals surface area contributed by atoms with E-state index in [2.05, 4.69) is 5.32 Å². The standard InChI is InChI=1S/C23H22N2O6/c26-20-9-7-18(22(27)24-20)25-10-17-16(23(25)28)6-8-19-21(17)31-15(13-30-19)12-29-11-14-4-2-1-3-5-14/h1-6,8,15,18H,7,9-13H2,(H,24,26,27)/t15-,18+/m1/s1. The van der Waals surface area contributed by atoms with E-state index < -0.39 is 11.9 Å². The second-order valence-corrected chi connectivity index (χ2v) is 7.87. The van der Waals surface area contributed by atoms with Gasteiger partial charge in [-0.15, -0.1) is 0 Å². The minimum atomic E-state index is -0.664. The lowest BCUT2D eigenvalue weighted by Gasteiger charge is -2.30. The van der Waals surface area contributed by atoms with Gasteiger partial charge >= 0.3 is 0 Å². The van der Waals surface area contributed by atoms with Gasteiger partial charge in [0.2, 0.25) is 11.8 Å². The zero-order chi connectivity index (χ0) is 21.4. The Morgan fingerprint density at radius 1 is 1.10 bits per heavy atom. The van der Waals surface area contributed by atoms with Crippen LogP contribution in [0.5, 0.6) is 11.5 Å². The number of hydrogen-bond donors (Lipinski definition) is 1. The maximum absolute atomic E-state index is 13.0. The molecule has 2 aromatic carbocycles. The quantitative estimate of drug-likeness (QED) is 0.739. The lowest BCUT2D eigenvalue weighted by atomic mass is 10.0. The largest absolute Gasteiger partial charge is 0.486 e. The number of nitrogens with zero attached hydrogens (tertiary/aromatic N) is 1. The number of amides is 3. The summed E-state index contributed by atoms with van der Waals surface area (Å²) in [6, 6.07) is 12.6. The molecule has 1 saturated heterocycles. The Kier molecular flexibility index (Phi) is 5.07. The Bertz CT molecular complexity index is 1040. The number of carbonyl (C=O) groups is 3. The third-order valence-corrected chi connectivity index (χ3v) is 5.75. The van der Waals surface area contributed by atoms with Crippen LogP contribution in [0.15, 0.2) is 42.5 Å². The highest BCUT2D eigenvalue weighted by atomic mass is 16.6. The second-order valence-electron chi connectivity index (χ2n) is 7.87. The van der Waals surface area contributed by atoms with E-state index in [-0.39, 0.29) is 30.9 Å². The third-order valence-electron chi connectivity index (χ3n) is 5.75. The molecule has 3 aliphatic rings. The maximum atomic E-state index is 13.0. The van der Waals surface area contributed by atoms with Crippen molar-refractivity contribution in [3.8, 4) is 11.5 Å². The van der Waals surface area contributed by atoms with E-state index in [1.807, 2.05) is 30.3 Å². The van der Waals surface area contributed by atoms with Crippen molar-refractivity contribution in [2.45, 2.75) is 38.1 Å². The molecule has 3 heterocycles. The molecule has 8 nitrogen and oxygen atoms in total. The number of fused-ring (bicyclic) bond motifs is 3. The molecule has 3 aliphatic heterocycles. The molecule has 0 aromatic heterocycles. The summed E-state index contributed by atoms with van der Waals surface area (Å²) in [5.74, 6) is 0.128. The Morgan fingerprint density at radius 3 is 2.74 bits per heavy atom. The van der Waals surface area contributed by atoms with Crippen LogP contribution in [0.2, 0.25) is 0 Å². The molecule has 160 valence electrons. The van der Waals surface area contributed by atoms with Gasteiger partial charge in [-0.2, -0.15) is 0 Å². The van der Waals surface area contributed by atoms with E-state index in [9.17, 15) is 14.4 Å². The van der Waals surface area contributed by atoms with E-state index >= 15 is 0 Å². The summed E-state index contributed by atoms with van der Waals surface area (Å²) in [6.45, 7) is 1.42. The van der Waals surface area contributed by atoms with Crippen molar-refractivity contribution in [2.24, 2.45) is 0 Å². The van der Waals surface area contributed by atoms with E-state index in [1.165, 1.54) is 4.90 Å². The van der Waals surface area contributed by atoms with E-state index in [0.29, 0.717) is 48.9 Å². The molecule has 3 amide bonds. The van der Waals surface area contributed by atoms with Crippen LogP contribution in [-0.4, -0.2) is 48.0 Å². The highest BCUT2D eigenvalue weighted by molar-refractivity contribution is 6.05. The van der Waals surface area contributed by atoms with Crippen LogP contribution in [0.1, 0.15) is 34.3 Å². The third kappa shape index (κ3) is 3.74. The first-order valence-electron chi connectivity index (χ1n) is 10.3. The van der Waals surface area contributed by atoms with Crippen molar-refractivity contribution in [3.63, 3.8) is 0 Å². The van der Waals surface area contributed by atoms with Crippen LogP contribution in [-0.2, 0) is 27.5 Å². The highest BCUT2D eigenvalue weighted by Gasteiger charge is 2.41. The average molecular weight is 422 g/mol. The fraction of sp³-hybridized carbons (Fsp3) is 0.348. The summed E-state index contributed by atoms with van der Waals surface area (Å²) >= 11 is 0. The zero-order valence-electron chi connectivity index (χ0n) is 16.8. The summed E-state index contributed by atoms with van der Waals surface area (Å²) in [6.07, 6.45) is 0.233. The van der Waals surface area contributed by atoms with Gasteiger partial charge in [0.1, 0.15) is 12.6 Å². The Labute approximate surface area is 179 Å². The molecule has 2 atom stereocenters.